The van der Waals surface area contributed by atoms with Crippen LogP contribution in [-0.2, 0) is 0 Å². The molecule has 1 aliphatic heterocycles. The van der Waals surface area contributed by atoms with Gasteiger partial charge in [0.25, 0.3) is 0 Å². The summed E-state index contributed by atoms with van der Waals surface area (Å²) in [6.07, 6.45) is 1.99. The van der Waals surface area contributed by atoms with E-state index < -0.39 is 0 Å². The minimum absolute atomic E-state index is 0.128. The lowest BCUT2D eigenvalue weighted by molar-refractivity contribution is 0.203. The van der Waals surface area contributed by atoms with Crippen LogP contribution >= 0.6 is 0 Å². The zero-order valence-corrected chi connectivity index (χ0v) is 9.35. The molecular weight excluding hydrogens is 204 g/mol. The Balaban J connectivity index is 2.19. The van der Waals surface area contributed by atoms with Gasteiger partial charge in [-0.1, -0.05) is 12.1 Å². The van der Waals surface area contributed by atoms with Crippen LogP contribution < -0.4 is 10.5 Å². The molecular formula is C12H16N2O2. The number of primary amides is 1. The molecule has 0 spiro atoms. The molecule has 0 radical (unpaired) electrons. The van der Waals surface area contributed by atoms with Crippen LogP contribution in [0.2, 0.25) is 0 Å². The van der Waals surface area contributed by atoms with Crippen LogP contribution in [0.4, 0.5) is 4.79 Å². The molecule has 0 saturated carbocycles. The first kappa shape index (κ1) is 10.8. The molecule has 0 aromatic heterocycles. The Bertz CT molecular complexity index is 375. The van der Waals surface area contributed by atoms with E-state index in [0.717, 1.165) is 30.7 Å². The number of amides is 2. The van der Waals surface area contributed by atoms with E-state index in [9.17, 15) is 4.79 Å². The summed E-state index contributed by atoms with van der Waals surface area (Å²) in [7, 11) is 1.64. The number of nitrogens with zero attached hydrogens (tertiary/aromatic N) is 1. The van der Waals surface area contributed by atoms with Gasteiger partial charge >= 0.3 is 6.03 Å². The number of likely N-dealkylation sites (tertiary alicyclic amines) is 1. The maximum atomic E-state index is 11.2. The van der Waals surface area contributed by atoms with Crippen molar-refractivity contribution >= 4 is 6.03 Å². The van der Waals surface area contributed by atoms with Crippen LogP contribution in [0.25, 0.3) is 0 Å². The van der Waals surface area contributed by atoms with Crippen LogP contribution in [0.15, 0.2) is 24.3 Å². The fraction of sp³-hybridized carbons (Fsp3) is 0.417. The summed E-state index contributed by atoms with van der Waals surface area (Å²) in [5, 5.41) is 0. The van der Waals surface area contributed by atoms with Gasteiger partial charge in [0, 0.05) is 6.54 Å². The highest BCUT2D eigenvalue weighted by Crippen LogP contribution is 2.32. The molecule has 0 aliphatic carbocycles. The molecule has 4 nitrogen and oxygen atoms in total. The Hall–Kier alpha value is -1.71. The Labute approximate surface area is 95.0 Å². The highest BCUT2D eigenvalue weighted by atomic mass is 16.5. The van der Waals surface area contributed by atoms with Gasteiger partial charge < -0.3 is 15.4 Å². The molecule has 2 N–H and O–H groups in total. The van der Waals surface area contributed by atoms with Crippen molar-refractivity contribution in [1.82, 2.24) is 4.90 Å². The first-order valence-electron chi connectivity index (χ1n) is 5.42. The third-order valence-electron chi connectivity index (χ3n) is 3.04. The number of rotatable bonds is 2. The lowest BCUT2D eigenvalue weighted by atomic mass is 10.0. The Morgan fingerprint density at radius 1 is 1.44 bits per heavy atom. The predicted molar refractivity (Wildman–Crippen MR) is 61.3 cm³/mol. The molecule has 1 heterocycles. The molecule has 4 heteroatoms. The first-order valence-corrected chi connectivity index (χ1v) is 5.42. The molecule has 86 valence electrons. The zero-order chi connectivity index (χ0) is 11.5. The fourth-order valence-electron chi connectivity index (χ4n) is 2.20. The minimum Gasteiger partial charge on any atom is -0.497 e. The molecule has 2 rings (SSSR count). The number of urea groups is 1. The number of hydrogen-bond donors (Lipinski definition) is 1. The van der Waals surface area contributed by atoms with E-state index in [0.29, 0.717) is 0 Å². The lowest BCUT2D eigenvalue weighted by Crippen LogP contribution is -2.35. The van der Waals surface area contributed by atoms with Crippen molar-refractivity contribution in [2.45, 2.75) is 18.9 Å². The van der Waals surface area contributed by atoms with E-state index in [4.69, 9.17) is 10.5 Å². The standard InChI is InChI=1S/C12H16N2O2/c1-16-10-6-4-9(5-7-10)11-3-2-8-14(11)12(13)15/h4-7,11H,2-3,8H2,1H3,(H2,13,15). The van der Waals surface area contributed by atoms with Crippen LogP contribution in [0.5, 0.6) is 5.75 Å². The monoisotopic (exact) mass is 220 g/mol. The van der Waals surface area contributed by atoms with Gasteiger partial charge in [0.15, 0.2) is 0 Å². The van der Waals surface area contributed by atoms with Gasteiger partial charge in [-0.25, -0.2) is 4.79 Å². The van der Waals surface area contributed by atoms with Crippen LogP contribution in [0.3, 0.4) is 0 Å². The Morgan fingerprint density at radius 3 is 2.69 bits per heavy atom. The highest BCUT2D eigenvalue weighted by Gasteiger charge is 2.28. The van der Waals surface area contributed by atoms with Gasteiger partial charge in [0.2, 0.25) is 0 Å². The zero-order valence-electron chi connectivity index (χ0n) is 9.35. The Morgan fingerprint density at radius 2 is 2.12 bits per heavy atom. The van der Waals surface area contributed by atoms with E-state index in [1.165, 1.54) is 0 Å². The van der Waals surface area contributed by atoms with E-state index in [-0.39, 0.29) is 12.1 Å². The second kappa shape index (κ2) is 4.43. The quantitative estimate of drug-likeness (QED) is 0.827. The molecule has 2 amide bonds. The van der Waals surface area contributed by atoms with Crippen molar-refractivity contribution < 1.29 is 9.53 Å². The number of methoxy groups -OCH3 is 1. The van der Waals surface area contributed by atoms with Gasteiger partial charge in [-0.15, -0.1) is 0 Å². The van der Waals surface area contributed by atoms with Gasteiger partial charge in [-0.05, 0) is 30.5 Å². The predicted octanol–water partition coefficient (Wildman–Crippen LogP) is 1.91. The van der Waals surface area contributed by atoms with Crippen molar-refractivity contribution in [3.05, 3.63) is 29.8 Å². The number of carbonyl (C=O) groups excluding carboxylic acids is 1. The third kappa shape index (κ3) is 1.96. The molecule has 1 aromatic carbocycles. The van der Waals surface area contributed by atoms with Crippen LogP contribution in [-0.4, -0.2) is 24.6 Å². The van der Waals surface area contributed by atoms with Crippen molar-refractivity contribution in [3.63, 3.8) is 0 Å². The summed E-state index contributed by atoms with van der Waals surface area (Å²) in [6.45, 7) is 0.756. The van der Waals surface area contributed by atoms with Gasteiger partial charge in [0.05, 0.1) is 13.2 Å². The average Bonchev–Trinajstić information content (AvgIpc) is 2.78. The fourth-order valence-corrected chi connectivity index (χ4v) is 2.20. The normalized spacial score (nSPS) is 19.8. The Kier molecular flexibility index (Phi) is 2.99. The topological polar surface area (TPSA) is 55.6 Å². The first-order chi connectivity index (χ1) is 7.72. The van der Waals surface area contributed by atoms with E-state index in [1.807, 2.05) is 24.3 Å². The summed E-state index contributed by atoms with van der Waals surface area (Å²) >= 11 is 0. The minimum atomic E-state index is -0.335. The summed E-state index contributed by atoms with van der Waals surface area (Å²) in [5.41, 5.74) is 6.47. The smallest absolute Gasteiger partial charge is 0.315 e. The molecule has 1 fully saturated rings. The van der Waals surface area contributed by atoms with Crippen LogP contribution in [0, 0.1) is 0 Å². The number of hydrogen-bond acceptors (Lipinski definition) is 2. The largest absolute Gasteiger partial charge is 0.497 e. The van der Waals surface area contributed by atoms with Gasteiger partial charge in [-0.2, -0.15) is 0 Å². The number of carbonyl (C=O) groups is 1. The lowest BCUT2D eigenvalue weighted by Gasteiger charge is -2.23. The van der Waals surface area contributed by atoms with Crippen molar-refractivity contribution in [3.8, 4) is 5.75 Å². The van der Waals surface area contributed by atoms with Crippen molar-refractivity contribution in [2.75, 3.05) is 13.7 Å². The highest BCUT2D eigenvalue weighted by molar-refractivity contribution is 5.73. The summed E-state index contributed by atoms with van der Waals surface area (Å²) in [4.78, 5) is 13.0. The van der Waals surface area contributed by atoms with E-state index in [2.05, 4.69) is 0 Å². The summed E-state index contributed by atoms with van der Waals surface area (Å²) in [5.74, 6) is 0.826. The SMILES string of the molecule is COc1ccc(C2CCCN2C(N)=O)cc1. The van der Waals surface area contributed by atoms with Crippen molar-refractivity contribution in [1.29, 1.82) is 0 Å². The molecule has 1 atom stereocenters. The molecule has 1 saturated heterocycles. The van der Waals surface area contributed by atoms with E-state index >= 15 is 0 Å². The molecule has 1 aromatic rings. The molecule has 16 heavy (non-hydrogen) atoms. The average molecular weight is 220 g/mol. The maximum absolute atomic E-state index is 11.2. The molecule has 0 bridgehead atoms. The van der Waals surface area contributed by atoms with Gasteiger partial charge in [0.1, 0.15) is 5.75 Å². The number of ether oxygens (including phenoxy) is 1. The molecule has 1 unspecified atom stereocenters. The van der Waals surface area contributed by atoms with E-state index in [1.54, 1.807) is 12.0 Å². The maximum Gasteiger partial charge on any atom is 0.315 e. The number of benzene rings is 1. The second-order valence-corrected chi connectivity index (χ2v) is 3.96. The summed E-state index contributed by atoms with van der Waals surface area (Å²) in [6, 6.07) is 7.59. The second-order valence-electron chi connectivity index (χ2n) is 3.96. The molecule has 1 aliphatic rings. The number of nitrogens with two attached hydrogens (primary N) is 1. The van der Waals surface area contributed by atoms with Gasteiger partial charge in [-0.3, -0.25) is 0 Å². The van der Waals surface area contributed by atoms with Crippen LogP contribution in [0.1, 0.15) is 24.4 Å². The summed E-state index contributed by atoms with van der Waals surface area (Å²) < 4.78 is 5.10. The van der Waals surface area contributed by atoms with Crippen molar-refractivity contribution in [2.24, 2.45) is 5.73 Å². The third-order valence-corrected chi connectivity index (χ3v) is 3.04.